The average Bonchev–Trinajstić information content (AvgIpc) is 2.41. The lowest BCUT2D eigenvalue weighted by atomic mass is 9.74. The van der Waals surface area contributed by atoms with Crippen molar-refractivity contribution in [3.8, 4) is 0 Å². The van der Waals surface area contributed by atoms with Gasteiger partial charge >= 0.3 is 0 Å². The smallest absolute Gasteiger partial charge is 0.0622 e. The van der Waals surface area contributed by atoms with E-state index >= 15 is 0 Å². The van der Waals surface area contributed by atoms with E-state index in [0.717, 1.165) is 51.0 Å². The number of hydrogen-bond donors (Lipinski definition) is 1. The van der Waals surface area contributed by atoms with Gasteiger partial charge in [0.05, 0.1) is 19.3 Å². The largest absolute Gasteiger partial charge is 0.393 e. The first kappa shape index (κ1) is 15.3. The number of ether oxygens (including phenoxy) is 1. The summed E-state index contributed by atoms with van der Waals surface area (Å²) in [4.78, 5) is 2.56. The normalized spacial score (nSPS) is 37.7. The Bertz CT molecular complexity index is 269. The van der Waals surface area contributed by atoms with E-state index < -0.39 is 0 Å². The van der Waals surface area contributed by atoms with Crippen LogP contribution in [-0.4, -0.2) is 48.5 Å². The lowest BCUT2D eigenvalue weighted by molar-refractivity contribution is -0.0414. The first-order chi connectivity index (χ1) is 9.11. The molecule has 0 spiro atoms. The zero-order valence-corrected chi connectivity index (χ0v) is 12.8. The van der Waals surface area contributed by atoms with Gasteiger partial charge in [-0.1, -0.05) is 20.8 Å². The van der Waals surface area contributed by atoms with Crippen molar-refractivity contribution >= 4 is 0 Å². The predicted octanol–water partition coefficient (Wildman–Crippen LogP) is 2.53. The fourth-order valence-electron chi connectivity index (χ4n) is 3.69. The molecule has 2 aliphatic rings. The van der Waals surface area contributed by atoms with Crippen LogP contribution in [0.4, 0.5) is 0 Å². The summed E-state index contributed by atoms with van der Waals surface area (Å²) in [5, 5.41) is 10.3. The van der Waals surface area contributed by atoms with Crippen molar-refractivity contribution < 1.29 is 9.84 Å². The third kappa shape index (κ3) is 3.93. The van der Waals surface area contributed by atoms with Gasteiger partial charge in [-0.3, -0.25) is 4.90 Å². The summed E-state index contributed by atoms with van der Waals surface area (Å²) in [6.45, 7) is 10.7. The van der Waals surface area contributed by atoms with Crippen molar-refractivity contribution in [3.63, 3.8) is 0 Å². The molecule has 2 rings (SSSR count). The van der Waals surface area contributed by atoms with Gasteiger partial charge in [-0.05, 0) is 43.4 Å². The van der Waals surface area contributed by atoms with E-state index in [4.69, 9.17) is 4.74 Å². The second-order valence-corrected chi connectivity index (χ2v) is 6.78. The van der Waals surface area contributed by atoms with E-state index in [1.807, 2.05) is 0 Å². The molecule has 2 fully saturated rings. The summed E-state index contributed by atoms with van der Waals surface area (Å²) in [6, 6.07) is 0.556. The van der Waals surface area contributed by atoms with Crippen molar-refractivity contribution in [1.29, 1.82) is 0 Å². The SMILES string of the molecule is CCC1COCCN1CC1CC(C(C)C)CCC1O. The maximum atomic E-state index is 10.3. The van der Waals surface area contributed by atoms with E-state index in [1.165, 1.54) is 12.8 Å². The second kappa shape index (κ2) is 7.05. The summed E-state index contributed by atoms with van der Waals surface area (Å²) < 4.78 is 5.57. The molecule has 4 atom stereocenters. The van der Waals surface area contributed by atoms with Crippen LogP contribution in [0.3, 0.4) is 0 Å². The standard InChI is InChI=1S/C16H31NO2/c1-4-15-11-19-8-7-17(15)10-14-9-13(12(2)3)5-6-16(14)18/h12-16,18H,4-11H2,1-3H3. The minimum atomic E-state index is -0.0876. The van der Waals surface area contributed by atoms with Crippen molar-refractivity contribution in [2.45, 2.75) is 58.6 Å². The Morgan fingerprint density at radius 3 is 2.79 bits per heavy atom. The lowest BCUT2D eigenvalue weighted by Gasteiger charge is -2.41. The Morgan fingerprint density at radius 1 is 1.32 bits per heavy atom. The van der Waals surface area contributed by atoms with Crippen LogP contribution in [0.1, 0.15) is 46.5 Å². The Kier molecular flexibility index (Phi) is 5.67. The molecule has 1 heterocycles. The highest BCUT2D eigenvalue weighted by Crippen LogP contribution is 2.34. The highest BCUT2D eigenvalue weighted by atomic mass is 16.5. The Morgan fingerprint density at radius 2 is 2.11 bits per heavy atom. The number of aliphatic hydroxyl groups excluding tert-OH is 1. The number of morpholine rings is 1. The Balaban J connectivity index is 1.91. The van der Waals surface area contributed by atoms with E-state index in [9.17, 15) is 5.11 Å². The number of rotatable bonds is 4. The van der Waals surface area contributed by atoms with Gasteiger partial charge in [0, 0.05) is 19.1 Å². The Labute approximate surface area is 118 Å². The molecule has 3 nitrogen and oxygen atoms in total. The molecule has 0 radical (unpaired) electrons. The molecule has 0 aromatic carbocycles. The topological polar surface area (TPSA) is 32.7 Å². The van der Waals surface area contributed by atoms with Crippen LogP contribution in [0.25, 0.3) is 0 Å². The van der Waals surface area contributed by atoms with E-state index in [0.29, 0.717) is 12.0 Å². The van der Waals surface area contributed by atoms with Gasteiger partial charge in [0.15, 0.2) is 0 Å². The van der Waals surface area contributed by atoms with Gasteiger partial charge in [-0.15, -0.1) is 0 Å². The number of nitrogens with zero attached hydrogens (tertiary/aromatic N) is 1. The minimum absolute atomic E-state index is 0.0876. The van der Waals surface area contributed by atoms with Gasteiger partial charge in [-0.25, -0.2) is 0 Å². The highest BCUT2D eigenvalue weighted by molar-refractivity contribution is 4.85. The molecule has 112 valence electrons. The number of aliphatic hydroxyl groups is 1. The summed E-state index contributed by atoms with van der Waals surface area (Å²) in [5.41, 5.74) is 0. The van der Waals surface area contributed by atoms with E-state index in [2.05, 4.69) is 25.7 Å². The fourth-order valence-corrected chi connectivity index (χ4v) is 3.69. The van der Waals surface area contributed by atoms with Gasteiger partial charge in [0.2, 0.25) is 0 Å². The first-order valence-corrected chi connectivity index (χ1v) is 8.11. The van der Waals surface area contributed by atoms with Crippen LogP contribution < -0.4 is 0 Å². The van der Waals surface area contributed by atoms with Crippen molar-refractivity contribution in [2.24, 2.45) is 17.8 Å². The third-order valence-electron chi connectivity index (χ3n) is 5.22. The molecule has 0 amide bonds. The van der Waals surface area contributed by atoms with Gasteiger partial charge in [0.25, 0.3) is 0 Å². The molecule has 1 saturated carbocycles. The number of hydrogen-bond acceptors (Lipinski definition) is 3. The summed E-state index contributed by atoms with van der Waals surface area (Å²) in [5.74, 6) is 2.02. The van der Waals surface area contributed by atoms with Crippen molar-refractivity contribution in [1.82, 2.24) is 4.90 Å². The van der Waals surface area contributed by atoms with Crippen molar-refractivity contribution in [2.75, 3.05) is 26.3 Å². The molecule has 3 heteroatoms. The Hall–Kier alpha value is -0.120. The molecule has 1 aliphatic heterocycles. The van der Waals surface area contributed by atoms with Crippen LogP contribution in [0.2, 0.25) is 0 Å². The third-order valence-corrected chi connectivity index (χ3v) is 5.22. The maximum absolute atomic E-state index is 10.3. The lowest BCUT2D eigenvalue weighted by Crippen LogP contribution is -2.49. The summed E-state index contributed by atoms with van der Waals surface area (Å²) in [6.07, 6.45) is 4.46. The molecule has 0 bridgehead atoms. The quantitative estimate of drug-likeness (QED) is 0.851. The molecule has 0 aromatic heterocycles. The zero-order chi connectivity index (χ0) is 13.8. The van der Waals surface area contributed by atoms with Crippen LogP contribution in [0.15, 0.2) is 0 Å². The molecular weight excluding hydrogens is 238 g/mol. The minimum Gasteiger partial charge on any atom is -0.393 e. The maximum Gasteiger partial charge on any atom is 0.0622 e. The summed E-state index contributed by atoms with van der Waals surface area (Å²) >= 11 is 0. The molecule has 1 N–H and O–H groups in total. The monoisotopic (exact) mass is 269 g/mol. The highest BCUT2D eigenvalue weighted by Gasteiger charge is 2.33. The zero-order valence-electron chi connectivity index (χ0n) is 12.8. The average molecular weight is 269 g/mol. The van der Waals surface area contributed by atoms with Crippen molar-refractivity contribution in [3.05, 3.63) is 0 Å². The second-order valence-electron chi connectivity index (χ2n) is 6.78. The van der Waals surface area contributed by atoms with Crippen LogP contribution in [0.5, 0.6) is 0 Å². The van der Waals surface area contributed by atoms with E-state index in [1.54, 1.807) is 0 Å². The van der Waals surface area contributed by atoms with Gasteiger partial charge < -0.3 is 9.84 Å². The molecular formula is C16H31NO2. The molecule has 0 aromatic rings. The molecule has 4 unspecified atom stereocenters. The van der Waals surface area contributed by atoms with E-state index in [-0.39, 0.29) is 6.10 Å². The fraction of sp³-hybridized carbons (Fsp3) is 1.00. The van der Waals surface area contributed by atoms with Crippen LogP contribution in [-0.2, 0) is 4.74 Å². The molecule has 1 saturated heterocycles. The van der Waals surface area contributed by atoms with Crippen LogP contribution >= 0.6 is 0 Å². The summed E-state index contributed by atoms with van der Waals surface area (Å²) in [7, 11) is 0. The van der Waals surface area contributed by atoms with Gasteiger partial charge in [0.1, 0.15) is 0 Å². The first-order valence-electron chi connectivity index (χ1n) is 8.11. The molecule has 19 heavy (non-hydrogen) atoms. The van der Waals surface area contributed by atoms with Gasteiger partial charge in [-0.2, -0.15) is 0 Å². The molecule has 1 aliphatic carbocycles. The predicted molar refractivity (Wildman–Crippen MR) is 78.1 cm³/mol. The van der Waals surface area contributed by atoms with Crippen LogP contribution in [0, 0.1) is 17.8 Å².